The lowest BCUT2D eigenvalue weighted by Gasteiger charge is -2.17. The van der Waals surface area contributed by atoms with Crippen LogP contribution in [0.2, 0.25) is 0 Å². The van der Waals surface area contributed by atoms with Gasteiger partial charge >= 0.3 is 0 Å². The number of nitrogens with zero attached hydrogens (tertiary/aromatic N) is 1. The van der Waals surface area contributed by atoms with Crippen LogP contribution in [0.5, 0.6) is 0 Å². The Bertz CT molecular complexity index is 347. The molecule has 1 atom stereocenters. The summed E-state index contributed by atoms with van der Waals surface area (Å²) >= 11 is 0. The molecule has 1 heterocycles. The zero-order chi connectivity index (χ0) is 12.7. The van der Waals surface area contributed by atoms with Crippen molar-refractivity contribution in [1.82, 2.24) is 5.06 Å². The van der Waals surface area contributed by atoms with Crippen molar-refractivity contribution in [2.24, 2.45) is 0 Å². The van der Waals surface area contributed by atoms with Crippen molar-refractivity contribution in [3.05, 3.63) is 36.8 Å². The molecule has 0 spiro atoms. The maximum Gasteiger partial charge on any atom is 0.271 e. The molecule has 0 aliphatic carbocycles. The zero-order valence-corrected chi connectivity index (χ0v) is 10.1. The number of hydrogen-bond acceptors (Lipinski definition) is 4. The summed E-state index contributed by atoms with van der Waals surface area (Å²) in [6, 6.07) is 1.80. The van der Waals surface area contributed by atoms with E-state index >= 15 is 0 Å². The molecule has 1 rings (SSSR count). The number of amides is 1. The summed E-state index contributed by atoms with van der Waals surface area (Å²) in [5.41, 5.74) is 0.887. The summed E-state index contributed by atoms with van der Waals surface area (Å²) in [7, 11) is 2.96. The Labute approximate surface area is 101 Å². The highest BCUT2D eigenvalue weighted by Crippen LogP contribution is 2.21. The second-order valence-electron chi connectivity index (χ2n) is 3.45. The predicted molar refractivity (Wildman–Crippen MR) is 62.0 cm³/mol. The Hall–Kier alpha value is -1.59. The van der Waals surface area contributed by atoms with E-state index in [0.29, 0.717) is 6.42 Å². The lowest BCUT2D eigenvalue weighted by Crippen LogP contribution is -2.29. The molecule has 0 fully saturated rings. The van der Waals surface area contributed by atoms with Crippen LogP contribution in [0.15, 0.2) is 35.7 Å². The van der Waals surface area contributed by atoms with E-state index in [4.69, 9.17) is 14.0 Å². The van der Waals surface area contributed by atoms with Gasteiger partial charge in [0.2, 0.25) is 0 Å². The standard InChI is InChI=1S/C12H17NO4/c1-4-5-11(10-6-7-16-8-10)17-9-12(14)13(2)15-3/h4,6-8,11H,1,5,9H2,2-3H3/t11-/m1/s1. The van der Waals surface area contributed by atoms with Crippen LogP contribution in [0.4, 0.5) is 0 Å². The van der Waals surface area contributed by atoms with Crippen LogP contribution < -0.4 is 0 Å². The summed E-state index contributed by atoms with van der Waals surface area (Å²) in [5, 5.41) is 1.13. The molecule has 5 nitrogen and oxygen atoms in total. The first-order chi connectivity index (χ1) is 8.19. The van der Waals surface area contributed by atoms with E-state index in [1.165, 1.54) is 14.2 Å². The molecule has 0 aliphatic rings. The molecule has 94 valence electrons. The molecular formula is C12H17NO4. The minimum Gasteiger partial charge on any atom is -0.472 e. The summed E-state index contributed by atoms with van der Waals surface area (Å²) in [5.74, 6) is -0.245. The number of hydroxylamine groups is 2. The summed E-state index contributed by atoms with van der Waals surface area (Å²) in [6.45, 7) is 3.61. The van der Waals surface area contributed by atoms with Crippen molar-refractivity contribution in [1.29, 1.82) is 0 Å². The van der Waals surface area contributed by atoms with Gasteiger partial charge in [0.25, 0.3) is 5.91 Å². The number of hydrogen-bond donors (Lipinski definition) is 0. The number of rotatable bonds is 7. The van der Waals surface area contributed by atoms with Gasteiger partial charge in [0.1, 0.15) is 6.61 Å². The van der Waals surface area contributed by atoms with Gasteiger partial charge in [-0.2, -0.15) is 0 Å². The normalized spacial score (nSPS) is 12.1. The molecule has 0 aromatic carbocycles. The van der Waals surface area contributed by atoms with Crippen molar-refractivity contribution in [2.75, 3.05) is 20.8 Å². The fourth-order valence-corrected chi connectivity index (χ4v) is 1.27. The van der Waals surface area contributed by atoms with Crippen molar-refractivity contribution in [3.63, 3.8) is 0 Å². The molecule has 0 radical (unpaired) electrons. The lowest BCUT2D eigenvalue weighted by molar-refractivity contribution is -0.175. The van der Waals surface area contributed by atoms with Gasteiger partial charge in [0, 0.05) is 12.6 Å². The topological polar surface area (TPSA) is 51.9 Å². The van der Waals surface area contributed by atoms with Crippen LogP contribution in [0.1, 0.15) is 18.1 Å². The van der Waals surface area contributed by atoms with E-state index in [1.807, 2.05) is 0 Å². The first kappa shape index (κ1) is 13.5. The fourth-order valence-electron chi connectivity index (χ4n) is 1.27. The second kappa shape index (κ2) is 6.88. The van der Waals surface area contributed by atoms with Crippen LogP contribution in [0.3, 0.4) is 0 Å². The first-order valence-corrected chi connectivity index (χ1v) is 5.24. The number of furan rings is 1. The average Bonchev–Trinajstić information content (AvgIpc) is 2.86. The zero-order valence-electron chi connectivity index (χ0n) is 10.1. The van der Waals surface area contributed by atoms with Crippen LogP contribution in [-0.2, 0) is 14.4 Å². The molecule has 1 amide bonds. The molecule has 5 heteroatoms. The Kier molecular flexibility index (Phi) is 5.45. The van der Waals surface area contributed by atoms with Crippen LogP contribution in [0, 0.1) is 0 Å². The van der Waals surface area contributed by atoms with Gasteiger partial charge in [0.05, 0.1) is 25.7 Å². The Balaban J connectivity index is 2.51. The smallest absolute Gasteiger partial charge is 0.271 e. The Morgan fingerprint density at radius 2 is 2.47 bits per heavy atom. The monoisotopic (exact) mass is 239 g/mol. The van der Waals surface area contributed by atoms with E-state index in [0.717, 1.165) is 10.6 Å². The quantitative estimate of drug-likeness (QED) is 0.539. The van der Waals surface area contributed by atoms with Gasteiger partial charge in [-0.25, -0.2) is 5.06 Å². The first-order valence-electron chi connectivity index (χ1n) is 5.24. The Morgan fingerprint density at radius 3 is 3.00 bits per heavy atom. The molecule has 1 aromatic rings. The third-order valence-electron chi connectivity index (χ3n) is 2.33. The van der Waals surface area contributed by atoms with E-state index < -0.39 is 0 Å². The van der Waals surface area contributed by atoms with Crippen LogP contribution in [0.25, 0.3) is 0 Å². The number of carbonyl (C=O) groups excluding carboxylic acids is 1. The van der Waals surface area contributed by atoms with Gasteiger partial charge in [-0.15, -0.1) is 6.58 Å². The molecule has 0 saturated carbocycles. The number of ether oxygens (including phenoxy) is 1. The largest absolute Gasteiger partial charge is 0.472 e. The predicted octanol–water partition coefficient (Wildman–Crippen LogP) is 1.93. The van der Waals surface area contributed by atoms with E-state index in [1.54, 1.807) is 24.7 Å². The summed E-state index contributed by atoms with van der Waals surface area (Å²) < 4.78 is 10.5. The van der Waals surface area contributed by atoms with E-state index in [-0.39, 0.29) is 18.6 Å². The molecule has 1 aromatic heterocycles. The molecule has 0 aliphatic heterocycles. The third-order valence-corrected chi connectivity index (χ3v) is 2.33. The maximum atomic E-state index is 11.5. The lowest BCUT2D eigenvalue weighted by atomic mass is 10.1. The maximum absolute atomic E-state index is 11.5. The number of likely N-dealkylation sites (N-methyl/N-ethyl adjacent to an activating group) is 1. The average molecular weight is 239 g/mol. The molecule has 0 saturated heterocycles. The highest BCUT2D eigenvalue weighted by atomic mass is 16.7. The van der Waals surface area contributed by atoms with Gasteiger partial charge in [-0.3, -0.25) is 9.63 Å². The van der Waals surface area contributed by atoms with Crippen molar-refractivity contribution in [3.8, 4) is 0 Å². The highest BCUT2D eigenvalue weighted by Gasteiger charge is 2.15. The third kappa shape index (κ3) is 4.05. The summed E-state index contributed by atoms with van der Waals surface area (Å²) in [4.78, 5) is 16.2. The van der Waals surface area contributed by atoms with Crippen LogP contribution in [-0.4, -0.2) is 31.7 Å². The molecule has 0 bridgehead atoms. The van der Waals surface area contributed by atoms with E-state index in [2.05, 4.69) is 6.58 Å². The van der Waals surface area contributed by atoms with Crippen molar-refractivity contribution in [2.45, 2.75) is 12.5 Å². The van der Waals surface area contributed by atoms with E-state index in [9.17, 15) is 4.79 Å². The molecule has 0 N–H and O–H groups in total. The molecule has 0 unspecified atom stereocenters. The summed E-state index contributed by atoms with van der Waals surface area (Å²) in [6.07, 6.45) is 5.29. The minimum absolute atomic E-state index is 0.0476. The second-order valence-corrected chi connectivity index (χ2v) is 3.45. The SMILES string of the molecule is C=CC[C@@H](OCC(=O)N(C)OC)c1ccoc1. The van der Waals surface area contributed by atoms with Crippen molar-refractivity contribution >= 4 is 5.91 Å². The van der Waals surface area contributed by atoms with Gasteiger partial charge in [-0.05, 0) is 12.5 Å². The minimum atomic E-state index is -0.245. The van der Waals surface area contributed by atoms with Crippen LogP contribution >= 0.6 is 0 Å². The molecular weight excluding hydrogens is 222 g/mol. The van der Waals surface area contributed by atoms with Gasteiger partial charge < -0.3 is 9.15 Å². The fraction of sp³-hybridized carbons (Fsp3) is 0.417. The highest BCUT2D eigenvalue weighted by molar-refractivity contribution is 5.76. The van der Waals surface area contributed by atoms with Crippen molar-refractivity contribution < 1.29 is 18.8 Å². The van der Waals surface area contributed by atoms with Gasteiger partial charge in [0.15, 0.2) is 0 Å². The van der Waals surface area contributed by atoms with Gasteiger partial charge in [-0.1, -0.05) is 6.08 Å². The number of carbonyl (C=O) groups is 1. The Morgan fingerprint density at radius 1 is 1.71 bits per heavy atom. The molecule has 17 heavy (non-hydrogen) atoms.